The SMILES string of the molecule is CCOCc1cc(CO)c(O)c(CO)c1. The molecule has 0 unspecified atom stereocenters. The van der Waals surface area contributed by atoms with Crippen molar-refractivity contribution in [1.82, 2.24) is 0 Å². The maximum Gasteiger partial charge on any atom is 0.126 e. The van der Waals surface area contributed by atoms with Crippen molar-refractivity contribution < 1.29 is 20.1 Å². The van der Waals surface area contributed by atoms with Gasteiger partial charge < -0.3 is 20.1 Å². The fourth-order valence-electron chi connectivity index (χ4n) is 1.38. The Bertz CT molecular complexity index is 297. The van der Waals surface area contributed by atoms with E-state index >= 15 is 0 Å². The van der Waals surface area contributed by atoms with Crippen molar-refractivity contribution >= 4 is 0 Å². The zero-order valence-corrected chi connectivity index (χ0v) is 8.73. The van der Waals surface area contributed by atoms with E-state index in [4.69, 9.17) is 14.9 Å². The van der Waals surface area contributed by atoms with E-state index in [2.05, 4.69) is 0 Å². The molecule has 0 aliphatic carbocycles. The smallest absolute Gasteiger partial charge is 0.126 e. The van der Waals surface area contributed by atoms with Crippen molar-refractivity contribution in [3.05, 3.63) is 28.8 Å². The molecule has 1 rings (SSSR count). The van der Waals surface area contributed by atoms with Gasteiger partial charge in [0.15, 0.2) is 0 Å². The van der Waals surface area contributed by atoms with Crippen molar-refractivity contribution in [2.75, 3.05) is 6.61 Å². The largest absolute Gasteiger partial charge is 0.507 e. The van der Waals surface area contributed by atoms with Crippen LogP contribution in [-0.2, 0) is 24.6 Å². The molecular weight excluding hydrogens is 196 g/mol. The number of rotatable bonds is 5. The van der Waals surface area contributed by atoms with E-state index in [0.717, 1.165) is 5.56 Å². The third-order valence-corrected chi connectivity index (χ3v) is 2.14. The lowest BCUT2D eigenvalue weighted by Gasteiger charge is -2.10. The molecule has 0 spiro atoms. The summed E-state index contributed by atoms with van der Waals surface area (Å²) in [5.41, 5.74) is 1.66. The van der Waals surface area contributed by atoms with E-state index in [1.165, 1.54) is 0 Å². The number of benzene rings is 1. The summed E-state index contributed by atoms with van der Waals surface area (Å²) in [6, 6.07) is 3.34. The highest BCUT2D eigenvalue weighted by molar-refractivity contribution is 5.43. The van der Waals surface area contributed by atoms with Gasteiger partial charge in [-0.05, 0) is 24.6 Å². The molecule has 0 amide bonds. The van der Waals surface area contributed by atoms with Crippen LogP contribution in [0.5, 0.6) is 5.75 Å². The topological polar surface area (TPSA) is 69.9 Å². The van der Waals surface area contributed by atoms with Crippen LogP contribution in [0.1, 0.15) is 23.6 Å². The molecule has 0 fully saturated rings. The van der Waals surface area contributed by atoms with Gasteiger partial charge in [-0.3, -0.25) is 0 Å². The Kier molecular flexibility index (Phi) is 4.55. The third kappa shape index (κ3) is 2.92. The Labute approximate surface area is 88.8 Å². The van der Waals surface area contributed by atoms with Gasteiger partial charge in [-0.15, -0.1) is 0 Å². The van der Waals surface area contributed by atoms with Crippen LogP contribution in [0.2, 0.25) is 0 Å². The Morgan fingerprint density at radius 1 is 1.13 bits per heavy atom. The summed E-state index contributed by atoms with van der Waals surface area (Å²) in [4.78, 5) is 0. The van der Waals surface area contributed by atoms with Crippen molar-refractivity contribution in [2.24, 2.45) is 0 Å². The number of phenols is 1. The molecule has 3 N–H and O–H groups in total. The van der Waals surface area contributed by atoms with Gasteiger partial charge in [-0.25, -0.2) is 0 Å². The molecule has 0 aliphatic heterocycles. The second-order valence-corrected chi connectivity index (χ2v) is 3.22. The summed E-state index contributed by atoms with van der Waals surface area (Å²) in [6.45, 7) is 2.40. The zero-order valence-electron chi connectivity index (χ0n) is 8.73. The Balaban J connectivity index is 2.98. The van der Waals surface area contributed by atoms with Gasteiger partial charge in [0.25, 0.3) is 0 Å². The van der Waals surface area contributed by atoms with E-state index < -0.39 is 0 Å². The Morgan fingerprint density at radius 2 is 1.67 bits per heavy atom. The number of hydrogen-bond donors (Lipinski definition) is 3. The van der Waals surface area contributed by atoms with Gasteiger partial charge in [0.05, 0.1) is 19.8 Å². The standard InChI is InChI=1S/C11H16O4/c1-2-15-7-8-3-9(5-12)11(14)10(4-8)6-13/h3-4,12-14H,2,5-7H2,1H3. The molecule has 4 nitrogen and oxygen atoms in total. The van der Waals surface area contributed by atoms with Crippen LogP contribution in [0.3, 0.4) is 0 Å². The lowest BCUT2D eigenvalue weighted by atomic mass is 10.1. The minimum Gasteiger partial charge on any atom is -0.507 e. The van der Waals surface area contributed by atoms with Gasteiger partial charge in [0, 0.05) is 17.7 Å². The second kappa shape index (κ2) is 5.70. The third-order valence-electron chi connectivity index (χ3n) is 2.14. The maximum absolute atomic E-state index is 9.58. The summed E-state index contributed by atoms with van der Waals surface area (Å²) < 4.78 is 5.21. The summed E-state index contributed by atoms with van der Waals surface area (Å²) in [7, 11) is 0. The fourth-order valence-corrected chi connectivity index (χ4v) is 1.38. The molecule has 0 radical (unpaired) electrons. The number of ether oxygens (including phenoxy) is 1. The van der Waals surface area contributed by atoms with Crippen LogP contribution in [0.25, 0.3) is 0 Å². The predicted molar refractivity (Wildman–Crippen MR) is 55.3 cm³/mol. The van der Waals surface area contributed by atoms with Crippen molar-refractivity contribution in [3.8, 4) is 5.75 Å². The average Bonchev–Trinajstić information content (AvgIpc) is 2.27. The van der Waals surface area contributed by atoms with E-state index in [1.807, 2.05) is 6.92 Å². The normalized spacial score (nSPS) is 10.6. The van der Waals surface area contributed by atoms with Crippen LogP contribution in [0.15, 0.2) is 12.1 Å². The molecule has 84 valence electrons. The first kappa shape index (κ1) is 12.0. The van der Waals surface area contributed by atoms with Gasteiger partial charge in [-0.1, -0.05) is 0 Å². The lowest BCUT2D eigenvalue weighted by molar-refractivity contribution is 0.133. The highest BCUT2D eigenvalue weighted by Crippen LogP contribution is 2.25. The minimum absolute atomic E-state index is 0.0414. The van der Waals surface area contributed by atoms with Crippen LogP contribution in [0, 0.1) is 0 Å². The molecule has 1 aromatic carbocycles. The van der Waals surface area contributed by atoms with E-state index in [1.54, 1.807) is 12.1 Å². The number of hydrogen-bond acceptors (Lipinski definition) is 4. The number of aliphatic hydroxyl groups excluding tert-OH is 2. The number of aromatic hydroxyl groups is 1. The monoisotopic (exact) mass is 212 g/mol. The highest BCUT2D eigenvalue weighted by Gasteiger charge is 2.08. The lowest BCUT2D eigenvalue weighted by Crippen LogP contribution is -1.98. The molecule has 0 aliphatic rings. The van der Waals surface area contributed by atoms with Gasteiger partial charge in [-0.2, -0.15) is 0 Å². The Morgan fingerprint density at radius 3 is 2.07 bits per heavy atom. The first-order chi connectivity index (χ1) is 7.22. The van der Waals surface area contributed by atoms with Crippen LogP contribution in [0.4, 0.5) is 0 Å². The first-order valence-corrected chi connectivity index (χ1v) is 4.86. The molecular formula is C11H16O4. The maximum atomic E-state index is 9.58. The zero-order chi connectivity index (χ0) is 11.3. The molecule has 1 aromatic rings. The predicted octanol–water partition coefficient (Wildman–Crippen LogP) is 0.913. The summed E-state index contributed by atoms with van der Waals surface area (Å²) in [5, 5.41) is 27.6. The molecule has 0 saturated carbocycles. The quantitative estimate of drug-likeness (QED) is 0.678. The Hall–Kier alpha value is -1.10. The fraction of sp³-hybridized carbons (Fsp3) is 0.455. The molecule has 0 bridgehead atoms. The molecule has 15 heavy (non-hydrogen) atoms. The summed E-state index contributed by atoms with van der Waals surface area (Å²) in [5.74, 6) is -0.0414. The number of aliphatic hydroxyl groups is 2. The van der Waals surface area contributed by atoms with E-state index in [-0.39, 0.29) is 19.0 Å². The average molecular weight is 212 g/mol. The molecule has 4 heteroatoms. The molecule has 0 saturated heterocycles. The second-order valence-electron chi connectivity index (χ2n) is 3.22. The van der Waals surface area contributed by atoms with Gasteiger partial charge >= 0.3 is 0 Å². The van der Waals surface area contributed by atoms with Crippen molar-refractivity contribution in [3.63, 3.8) is 0 Å². The molecule has 0 atom stereocenters. The van der Waals surface area contributed by atoms with E-state index in [9.17, 15) is 5.11 Å². The van der Waals surface area contributed by atoms with Gasteiger partial charge in [0.2, 0.25) is 0 Å². The van der Waals surface area contributed by atoms with E-state index in [0.29, 0.717) is 24.3 Å². The van der Waals surface area contributed by atoms with Crippen molar-refractivity contribution in [2.45, 2.75) is 26.7 Å². The van der Waals surface area contributed by atoms with Gasteiger partial charge in [0.1, 0.15) is 5.75 Å². The molecule has 0 aromatic heterocycles. The summed E-state index contributed by atoms with van der Waals surface area (Å²) >= 11 is 0. The highest BCUT2D eigenvalue weighted by atomic mass is 16.5. The van der Waals surface area contributed by atoms with Crippen molar-refractivity contribution in [1.29, 1.82) is 0 Å². The van der Waals surface area contributed by atoms with Crippen LogP contribution >= 0.6 is 0 Å². The minimum atomic E-state index is -0.251. The summed E-state index contributed by atoms with van der Waals surface area (Å²) in [6.07, 6.45) is 0. The van der Waals surface area contributed by atoms with Crippen LogP contribution in [-0.4, -0.2) is 21.9 Å². The van der Waals surface area contributed by atoms with Crippen LogP contribution < -0.4 is 0 Å². The first-order valence-electron chi connectivity index (χ1n) is 4.86. The molecule has 0 heterocycles.